The highest BCUT2D eigenvalue weighted by Gasteiger charge is 2.29. The van der Waals surface area contributed by atoms with Crippen LogP contribution in [0.4, 0.5) is 5.69 Å². The van der Waals surface area contributed by atoms with Gasteiger partial charge < -0.3 is 10.1 Å². The van der Waals surface area contributed by atoms with E-state index in [2.05, 4.69) is 43.4 Å². The predicted octanol–water partition coefficient (Wildman–Crippen LogP) is 3.95. The molecular weight excluding hydrogens is 352 g/mol. The lowest BCUT2D eigenvalue weighted by atomic mass is 10.1. The Morgan fingerprint density at radius 1 is 1.33 bits per heavy atom. The maximum absolute atomic E-state index is 6.00. The Bertz CT molecular complexity index is 693. The van der Waals surface area contributed by atoms with Gasteiger partial charge in [0.1, 0.15) is 0 Å². The minimum absolute atomic E-state index is 0.510. The smallest absolute Gasteiger partial charge is 0.247 e. The van der Waals surface area contributed by atoms with Gasteiger partial charge in [0.2, 0.25) is 11.0 Å². The fourth-order valence-electron chi connectivity index (χ4n) is 2.14. The molecule has 1 aliphatic heterocycles. The van der Waals surface area contributed by atoms with Gasteiger partial charge in [-0.2, -0.15) is 4.98 Å². The molecule has 0 unspecified atom stereocenters. The van der Waals surface area contributed by atoms with Crippen LogP contribution in [0.3, 0.4) is 0 Å². The molecule has 1 aromatic carbocycles. The van der Waals surface area contributed by atoms with Crippen molar-refractivity contribution in [1.82, 2.24) is 15.2 Å². The molecule has 1 aliphatic rings. The van der Waals surface area contributed by atoms with Gasteiger partial charge in [-0.3, -0.25) is 0 Å². The molecule has 0 saturated carbocycles. The van der Waals surface area contributed by atoms with Gasteiger partial charge in [-0.25, -0.2) is 0 Å². The van der Waals surface area contributed by atoms with Gasteiger partial charge in [-0.15, -0.1) is 10.2 Å². The summed E-state index contributed by atoms with van der Waals surface area (Å²) in [5.74, 6) is 1.40. The van der Waals surface area contributed by atoms with E-state index in [0.717, 1.165) is 21.5 Å². The van der Waals surface area contributed by atoms with E-state index in [1.807, 2.05) is 32.0 Å². The number of thioether (sulfide) groups is 1. The summed E-state index contributed by atoms with van der Waals surface area (Å²) < 4.78 is 6.97. The van der Waals surface area contributed by atoms with Crippen molar-refractivity contribution in [3.63, 3.8) is 0 Å². The summed E-state index contributed by atoms with van der Waals surface area (Å²) in [6, 6.07) is 5.97. The highest BCUT2D eigenvalue weighted by molar-refractivity contribution is 9.10. The molecule has 110 valence electrons. The second-order valence-corrected chi connectivity index (χ2v) is 7.26. The lowest BCUT2D eigenvalue weighted by Gasteiger charge is -2.26. The fourth-order valence-corrected chi connectivity index (χ4v) is 3.01. The first-order valence-electron chi connectivity index (χ1n) is 6.63. The number of nitrogens with zero attached hydrogens (tertiary/aromatic N) is 3. The summed E-state index contributed by atoms with van der Waals surface area (Å²) >= 11 is 5.04. The number of nitrogens with one attached hydrogen (secondary N) is 1. The first-order valence-corrected chi connectivity index (χ1v) is 8.41. The minimum Gasteiger partial charge on any atom is -0.450 e. The molecule has 3 rings (SSSR count). The van der Waals surface area contributed by atoms with Crippen molar-refractivity contribution in [2.24, 2.45) is 0 Å². The molecule has 0 amide bonds. The van der Waals surface area contributed by atoms with Gasteiger partial charge in [-0.1, -0.05) is 34.6 Å². The van der Waals surface area contributed by atoms with Gasteiger partial charge in [0.15, 0.2) is 11.4 Å². The van der Waals surface area contributed by atoms with Crippen LogP contribution in [0, 0.1) is 0 Å². The van der Waals surface area contributed by atoms with Crippen molar-refractivity contribution in [1.29, 1.82) is 0 Å². The Balaban J connectivity index is 2.19. The number of hydrogen-bond donors (Lipinski definition) is 1. The van der Waals surface area contributed by atoms with Crippen molar-refractivity contribution in [2.45, 2.75) is 31.7 Å². The van der Waals surface area contributed by atoms with E-state index in [0.29, 0.717) is 16.7 Å². The minimum atomic E-state index is -0.571. The molecule has 1 N–H and O–H groups in total. The van der Waals surface area contributed by atoms with Crippen LogP contribution in [0.15, 0.2) is 27.8 Å². The van der Waals surface area contributed by atoms with Crippen LogP contribution >= 0.6 is 27.7 Å². The summed E-state index contributed by atoms with van der Waals surface area (Å²) in [4.78, 5) is 4.50. The Labute approximate surface area is 136 Å². The van der Waals surface area contributed by atoms with Crippen molar-refractivity contribution < 1.29 is 4.74 Å². The highest BCUT2D eigenvalue weighted by Crippen LogP contribution is 2.39. The Hall–Kier alpha value is -1.34. The lowest BCUT2D eigenvalue weighted by molar-refractivity contribution is 0.134. The molecule has 7 heteroatoms. The van der Waals surface area contributed by atoms with Crippen molar-refractivity contribution in [3.05, 3.63) is 22.7 Å². The Morgan fingerprint density at radius 3 is 2.90 bits per heavy atom. The monoisotopic (exact) mass is 366 g/mol. The highest BCUT2D eigenvalue weighted by atomic mass is 79.9. The Morgan fingerprint density at radius 2 is 2.14 bits per heavy atom. The molecule has 0 spiro atoms. The summed E-state index contributed by atoms with van der Waals surface area (Å²) in [7, 11) is 0. The number of rotatable bonds is 2. The van der Waals surface area contributed by atoms with Crippen LogP contribution in [0.25, 0.3) is 11.3 Å². The maximum Gasteiger partial charge on any atom is 0.247 e. The zero-order chi connectivity index (χ0) is 15.0. The quantitative estimate of drug-likeness (QED) is 0.811. The molecular formula is C14H15BrN4OS. The standard InChI is InChI=1S/C14H15BrN4OS/c1-4-21-13-16-12-11(18-19-13)9-7-8(15)5-6-10(9)17-14(2,3)20-12/h5-7,17H,4H2,1-3H3. The molecule has 2 aromatic rings. The van der Waals surface area contributed by atoms with Crippen LogP contribution < -0.4 is 10.1 Å². The second-order valence-electron chi connectivity index (χ2n) is 5.11. The normalized spacial score (nSPS) is 15.2. The summed E-state index contributed by atoms with van der Waals surface area (Å²) in [6.07, 6.45) is 0. The van der Waals surface area contributed by atoms with Crippen molar-refractivity contribution in [2.75, 3.05) is 11.1 Å². The van der Waals surface area contributed by atoms with E-state index in [1.165, 1.54) is 0 Å². The average molecular weight is 367 g/mol. The number of halogens is 1. The van der Waals surface area contributed by atoms with E-state index in [9.17, 15) is 0 Å². The molecule has 0 radical (unpaired) electrons. The zero-order valence-electron chi connectivity index (χ0n) is 12.0. The summed E-state index contributed by atoms with van der Waals surface area (Å²) in [5.41, 5.74) is 1.97. The second kappa shape index (κ2) is 5.46. The molecule has 0 saturated heterocycles. The molecule has 21 heavy (non-hydrogen) atoms. The van der Waals surface area contributed by atoms with E-state index in [1.54, 1.807) is 11.8 Å². The van der Waals surface area contributed by atoms with Crippen molar-refractivity contribution in [3.8, 4) is 17.1 Å². The third-order valence-electron chi connectivity index (χ3n) is 2.93. The topological polar surface area (TPSA) is 59.9 Å². The van der Waals surface area contributed by atoms with Crippen LogP contribution in [0.2, 0.25) is 0 Å². The van der Waals surface area contributed by atoms with Crippen LogP contribution in [0.5, 0.6) is 5.88 Å². The van der Waals surface area contributed by atoms with Gasteiger partial charge in [0.25, 0.3) is 0 Å². The van der Waals surface area contributed by atoms with Gasteiger partial charge >= 0.3 is 0 Å². The molecule has 0 bridgehead atoms. The van der Waals surface area contributed by atoms with Gasteiger partial charge in [0, 0.05) is 15.7 Å². The maximum atomic E-state index is 6.00. The average Bonchev–Trinajstić information content (AvgIpc) is 2.51. The van der Waals surface area contributed by atoms with E-state index >= 15 is 0 Å². The van der Waals surface area contributed by atoms with Gasteiger partial charge in [0.05, 0.1) is 0 Å². The molecule has 5 nitrogen and oxygen atoms in total. The van der Waals surface area contributed by atoms with Gasteiger partial charge in [-0.05, 0) is 37.8 Å². The van der Waals surface area contributed by atoms with E-state index in [4.69, 9.17) is 4.74 Å². The number of ether oxygens (including phenoxy) is 1. The van der Waals surface area contributed by atoms with E-state index in [-0.39, 0.29) is 0 Å². The van der Waals surface area contributed by atoms with Crippen LogP contribution in [-0.4, -0.2) is 26.7 Å². The number of benzene rings is 1. The van der Waals surface area contributed by atoms with E-state index < -0.39 is 5.72 Å². The van der Waals surface area contributed by atoms with Crippen LogP contribution in [0.1, 0.15) is 20.8 Å². The molecule has 0 fully saturated rings. The zero-order valence-corrected chi connectivity index (χ0v) is 14.4. The predicted molar refractivity (Wildman–Crippen MR) is 87.7 cm³/mol. The Kier molecular flexibility index (Phi) is 3.79. The number of hydrogen-bond acceptors (Lipinski definition) is 6. The lowest BCUT2D eigenvalue weighted by Crippen LogP contribution is -2.37. The molecule has 0 aliphatic carbocycles. The summed E-state index contributed by atoms with van der Waals surface area (Å²) in [5, 5.41) is 12.5. The number of aromatic nitrogens is 3. The molecule has 2 heterocycles. The third kappa shape index (κ3) is 2.98. The SMILES string of the molecule is CCSc1nnc2c(n1)OC(C)(C)Nc1ccc(Br)cc1-2. The number of anilines is 1. The summed E-state index contributed by atoms with van der Waals surface area (Å²) in [6.45, 7) is 5.98. The molecule has 0 atom stereocenters. The fraction of sp³-hybridized carbons (Fsp3) is 0.357. The third-order valence-corrected chi connectivity index (χ3v) is 4.15. The molecule has 1 aromatic heterocycles. The first-order chi connectivity index (χ1) is 9.98. The number of fused-ring (bicyclic) bond motifs is 3. The largest absolute Gasteiger partial charge is 0.450 e. The van der Waals surface area contributed by atoms with Crippen molar-refractivity contribution >= 4 is 33.4 Å². The van der Waals surface area contributed by atoms with Crippen LogP contribution in [-0.2, 0) is 0 Å². The first kappa shape index (κ1) is 14.6.